The van der Waals surface area contributed by atoms with Gasteiger partial charge in [0.15, 0.2) is 0 Å². The molecule has 1 N–H and O–H groups in total. The van der Waals surface area contributed by atoms with Gasteiger partial charge in [0.05, 0.1) is 20.1 Å². The molecule has 7 nitrogen and oxygen atoms in total. The first kappa shape index (κ1) is 23.0. The zero-order valence-corrected chi connectivity index (χ0v) is 20.3. The van der Waals surface area contributed by atoms with Crippen molar-refractivity contribution in [3.05, 3.63) is 93.0 Å². The van der Waals surface area contributed by atoms with E-state index in [4.69, 9.17) is 0 Å². The Kier molecular flexibility index (Phi) is 6.46. The maximum Gasteiger partial charge on any atom is 0.293 e. The van der Waals surface area contributed by atoms with Gasteiger partial charge in [-0.1, -0.05) is 31.2 Å². The summed E-state index contributed by atoms with van der Waals surface area (Å²) in [5.41, 5.74) is 3.56. The first-order valence-corrected chi connectivity index (χ1v) is 12.6. The number of hydrogen-bond acceptors (Lipinski definition) is 6. The number of hydrogen-bond donors (Lipinski definition) is 1. The van der Waals surface area contributed by atoms with E-state index in [1.54, 1.807) is 23.5 Å². The second kappa shape index (κ2) is 9.84. The molecule has 178 valence electrons. The molecule has 0 unspecified atom stereocenters. The summed E-state index contributed by atoms with van der Waals surface area (Å²) in [6.45, 7) is 3.78. The molecular weight excluding hydrogens is 460 g/mol. The van der Waals surface area contributed by atoms with Gasteiger partial charge in [0.1, 0.15) is 5.69 Å². The van der Waals surface area contributed by atoms with Crippen molar-refractivity contribution in [1.29, 1.82) is 0 Å². The fourth-order valence-electron chi connectivity index (χ4n) is 4.41. The summed E-state index contributed by atoms with van der Waals surface area (Å²) < 4.78 is 1.17. The van der Waals surface area contributed by atoms with Gasteiger partial charge in [-0.05, 0) is 60.7 Å². The summed E-state index contributed by atoms with van der Waals surface area (Å²) in [5, 5.41) is 15.6. The van der Waals surface area contributed by atoms with Crippen molar-refractivity contribution in [2.75, 3.05) is 23.3 Å². The van der Waals surface area contributed by atoms with Gasteiger partial charge >= 0.3 is 0 Å². The highest BCUT2D eigenvalue weighted by atomic mass is 32.1. The van der Waals surface area contributed by atoms with Crippen LogP contribution < -0.4 is 10.2 Å². The molecule has 0 aliphatic carbocycles. The van der Waals surface area contributed by atoms with Crippen LogP contribution in [0.25, 0.3) is 10.2 Å². The number of aromatic nitrogens is 1. The molecule has 3 aromatic carbocycles. The largest absolute Gasteiger partial charge is 0.366 e. The van der Waals surface area contributed by atoms with Crippen LogP contribution in [-0.4, -0.2) is 28.9 Å². The van der Waals surface area contributed by atoms with Gasteiger partial charge in [0.25, 0.3) is 11.6 Å². The Morgan fingerprint density at radius 1 is 1.11 bits per heavy atom. The zero-order chi connectivity index (χ0) is 24.4. The summed E-state index contributed by atoms with van der Waals surface area (Å²) in [6.07, 6.45) is 2.74. The third kappa shape index (κ3) is 5.17. The second-order valence-corrected chi connectivity index (χ2v) is 10.1. The molecule has 4 aromatic rings. The lowest BCUT2D eigenvalue weighted by Gasteiger charge is -2.31. The number of nitro groups is 1. The van der Waals surface area contributed by atoms with Gasteiger partial charge in [-0.15, -0.1) is 11.3 Å². The van der Waals surface area contributed by atoms with E-state index in [2.05, 4.69) is 23.3 Å². The Bertz CT molecular complexity index is 1340. The monoisotopic (exact) mass is 486 g/mol. The Balaban J connectivity index is 1.27. The molecule has 8 heteroatoms. The summed E-state index contributed by atoms with van der Waals surface area (Å²) in [4.78, 5) is 30.9. The molecule has 0 radical (unpaired) electrons. The summed E-state index contributed by atoms with van der Waals surface area (Å²) in [6, 6.07) is 20.4. The fourth-order valence-corrected chi connectivity index (χ4v) is 5.41. The number of carbonyl (C=O) groups is 1. The molecule has 0 saturated carbocycles. The Morgan fingerprint density at radius 3 is 2.57 bits per heavy atom. The molecular formula is C27H26N4O3S. The number of anilines is 2. The van der Waals surface area contributed by atoms with Crippen LogP contribution in [0.3, 0.4) is 0 Å². The highest BCUT2D eigenvalue weighted by Gasteiger charge is 2.24. The number of nitrogens with zero attached hydrogens (tertiary/aromatic N) is 3. The predicted octanol–water partition coefficient (Wildman–Crippen LogP) is 6.28. The molecule has 0 atom stereocenters. The van der Waals surface area contributed by atoms with Gasteiger partial charge in [-0.2, -0.15) is 0 Å². The summed E-state index contributed by atoms with van der Waals surface area (Å²) in [7, 11) is 0. The highest BCUT2D eigenvalue weighted by molar-refractivity contribution is 7.18. The van der Waals surface area contributed by atoms with E-state index in [9.17, 15) is 14.9 Å². The van der Waals surface area contributed by atoms with Crippen LogP contribution in [0, 0.1) is 16.0 Å². The van der Waals surface area contributed by atoms with E-state index in [1.807, 2.05) is 47.4 Å². The number of carbonyl (C=O) groups excluding carboxylic acids is 1. The number of piperidine rings is 1. The number of rotatable bonds is 6. The van der Waals surface area contributed by atoms with Gasteiger partial charge in [0.2, 0.25) is 0 Å². The Morgan fingerprint density at radius 2 is 1.86 bits per heavy atom. The first-order chi connectivity index (χ1) is 17.0. The molecule has 0 spiro atoms. The molecule has 1 aliphatic heterocycles. The average Bonchev–Trinajstić information content (AvgIpc) is 3.27. The number of nitrogens with one attached hydrogen (secondary N) is 1. The lowest BCUT2D eigenvalue weighted by atomic mass is 9.98. The van der Waals surface area contributed by atoms with Crippen molar-refractivity contribution in [3.63, 3.8) is 0 Å². The fraction of sp³-hybridized carbons (Fsp3) is 0.259. The third-order valence-corrected chi connectivity index (χ3v) is 7.50. The lowest BCUT2D eigenvalue weighted by Crippen LogP contribution is -2.33. The number of thiazole rings is 1. The molecule has 5 rings (SSSR count). The van der Waals surface area contributed by atoms with Crippen molar-refractivity contribution in [3.8, 4) is 0 Å². The van der Waals surface area contributed by atoms with Crippen LogP contribution in [0.4, 0.5) is 17.1 Å². The Labute approximate surface area is 207 Å². The van der Waals surface area contributed by atoms with E-state index in [1.165, 1.54) is 10.8 Å². The minimum Gasteiger partial charge on any atom is -0.366 e. The summed E-state index contributed by atoms with van der Waals surface area (Å²) >= 11 is 1.68. The highest BCUT2D eigenvalue weighted by Crippen LogP contribution is 2.32. The van der Waals surface area contributed by atoms with Gasteiger partial charge in [-0.25, -0.2) is 4.98 Å². The number of para-hydroxylation sites is 1. The van der Waals surface area contributed by atoms with Crippen LogP contribution in [0.5, 0.6) is 0 Å². The topological polar surface area (TPSA) is 88.4 Å². The number of amides is 1. The second-order valence-electron chi connectivity index (χ2n) is 9.03. The third-order valence-electron chi connectivity index (χ3n) is 6.46. The van der Waals surface area contributed by atoms with E-state index < -0.39 is 4.92 Å². The molecule has 35 heavy (non-hydrogen) atoms. The van der Waals surface area contributed by atoms with E-state index in [-0.39, 0.29) is 17.2 Å². The number of benzene rings is 3. The normalized spacial score (nSPS) is 14.3. The minimum atomic E-state index is -0.402. The molecule has 0 bridgehead atoms. The van der Waals surface area contributed by atoms with E-state index in [0.29, 0.717) is 17.3 Å². The van der Waals surface area contributed by atoms with E-state index in [0.717, 1.165) is 48.4 Å². The average molecular weight is 487 g/mol. The first-order valence-electron chi connectivity index (χ1n) is 11.7. The maximum atomic E-state index is 12.8. The smallest absolute Gasteiger partial charge is 0.293 e. The zero-order valence-electron chi connectivity index (χ0n) is 19.4. The molecule has 1 aliphatic rings. The number of fused-ring (bicyclic) bond motifs is 1. The van der Waals surface area contributed by atoms with Crippen LogP contribution in [0.2, 0.25) is 0 Å². The molecule has 1 amide bonds. The van der Waals surface area contributed by atoms with Crippen LogP contribution in [0.1, 0.15) is 40.7 Å². The number of nitro benzene ring substituents is 1. The maximum absolute atomic E-state index is 12.8. The van der Waals surface area contributed by atoms with Crippen LogP contribution in [-0.2, 0) is 6.42 Å². The Hall–Kier alpha value is -3.78. The SMILES string of the molecule is CC1CCN(c2ccc(C(=O)Nc3ccc(Cc4nc5ccccc5s4)cc3)cc2[N+](=O)[O-])CC1. The molecule has 1 fully saturated rings. The van der Waals surface area contributed by atoms with Crippen molar-refractivity contribution < 1.29 is 9.72 Å². The molecule has 2 heterocycles. The van der Waals surface area contributed by atoms with Crippen molar-refractivity contribution in [1.82, 2.24) is 4.98 Å². The van der Waals surface area contributed by atoms with Crippen LogP contribution in [0.15, 0.2) is 66.7 Å². The van der Waals surface area contributed by atoms with Gasteiger partial charge < -0.3 is 10.2 Å². The molecule has 1 saturated heterocycles. The quantitative estimate of drug-likeness (QED) is 0.256. The van der Waals surface area contributed by atoms with Crippen molar-refractivity contribution >= 4 is 44.5 Å². The van der Waals surface area contributed by atoms with E-state index >= 15 is 0 Å². The van der Waals surface area contributed by atoms with Gasteiger partial charge in [-0.3, -0.25) is 14.9 Å². The lowest BCUT2D eigenvalue weighted by molar-refractivity contribution is -0.384. The summed E-state index contributed by atoms with van der Waals surface area (Å²) in [5.74, 6) is 0.258. The standard InChI is InChI=1S/C27H26N4O3S/c1-18-12-14-30(15-13-18)23-11-8-20(17-24(23)31(33)34)27(32)28-21-9-6-19(7-10-21)16-26-29-22-4-2-3-5-25(22)35-26/h2-11,17-18H,12-16H2,1H3,(H,28,32). The van der Waals surface area contributed by atoms with Crippen molar-refractivity contribution in [2.45, 2.75) is 26.2 Å². The van der Waals surface area contributed by atoms with Crippen molar-refractivity contribution in [2.24, 2.45) is 5.92 Å². The predicted molar refractivity (Wildman–Crippen MR) is 141 cm³/mol. The van der Waals surface area contributed by atoms with Crippen LogP contribution >= 0.6 is 11.3 Å². The van der Waals surface area contributed by atoms with Gasteiger partial charge in [0, 0.05) is 36.8 Å². The molecule has 1 aromatic heterocycles. The minimum absolute atomic E-state index is 0.0293.